The molecule has 4 heteroatoms. The van der Waals surface area contributed by atoms with Crippen LogP contribution in [0.5, 0.6) is 0 Å². The van der Waals surface area contributed by atoms with Gasteiger partial charge in [0.05, 0.1) is 10.5 Å². The highest BCUT2D eigenvalue weighted by Gasteiger charge is 2.16. The summed E-state index contributed by atoms with van der Waals surface area (Å²) in [5, 5.41) is 0.661. The van der Waals surface area contributed by atoms with Gasteiger partial charge in [0, 0.05) is 6.04 Å². The van der Waals surface area contributed by atoms with E-state index in [1.807, 2.05) is 18.2 Å². The molecular formula is C14H20ClN3. The highest BCUT2D eigenvalue weighted by molar-refractivity contribution is 6.35. The predicted molar refractivity (Wildman–Crippen MR) is 77.9 cm³/mol. The zero-order chi connectivity index (χ0) is 13.3. The van der Waals surface area contributed by atoms with E-state index in [0.29, 0.717) is 22.9 Å². The van der Waals surface area contributed by atoms with E-state index >= 15 is 0 Å². The summed E-state index contributed by atoms with van der Waals surface area (Å²) < 4.78 is 2.09. The smallest absolute Gasteiger partial charge is 0.201 e. The summed E-state index contributed by atoms with van der Waals surface area (Å²) in [5.74, 6) is 1.23. The SMILES string of the molecule is CCC(C)CC(C)n1c(N)nc2c(Cl)cccc21. The summed E-state index contributed by atoms with van der Waals surface area (Å²) in [7, 11) is 0. The quantitative estimate of drug-likeness (QED) is 0.897. The van der Waals surface area contributed by atoms with Crippen molar-refractivity contribution in [2.24, 2.45) is 5.92 Å². The summed E-state index contributed by atoms with van der Waals surface area (Å²) >= 11 is 6.15. The van der Waals surface area contributed by atoms with Crippen molar-refractivity contribution in [3.63, 3.8) is 0 Å². The Bertz CT molecular complexity index is 547. The third-order valence-corrected chi connectivity index (χ3v) is 3.88. The van der Waals surface area contributed by atoms with Gasteiger partial charge < -0.3 is 10.3 Å². The number of halogens is 1. The molecule has 2 atom stereocenters. The van der Waals surface area contributed by atoms with Crippen LogP contribution in [-0.4, -0.2) is 9.55 Å². The Kier molecular flexibility index (Phi) is 3.81. The molecule has 3 nitrogen and oxygen atoms in total. The van der Waals surface area contributed by atoms with Crippen molar-refractivity contribution in [2.45, 2.75) is 39.7 Å². The van der Waals surface area contributed by atoms with E-state index in [4.69, 9.17) is 17.3 Å². The first-order chi connectivity index (χ1) is 8.54. The van der Waals surface area contributed by atoms with E-state index in [1.54, 1.807) is 0 Å². The number of benzene rings is 1. The molecule has 0 bridgehead atoms. The molecule has 0 saturated carbocycles. The Morgan fingerprint density at radius 3 is 2.78 bits per heavy atom. The fraction of sp³-hybridized carbons (Fsp3) is 0.500. The molecule has 2 N–H and O–H groups in total. The molecule has 1 aromatic heterocycles. The molecule has 2 unspecified atom stereocenters. The van der Waals surface area contributed by atoms with Gasteiger partial charge in [-0.05, 0) is 31.4 Å². The molecule has 2 aromatic rings. The second kappa shape index (κ2) is 5.19. The van der Waals surface area contributed by atoms with Crippen LogP contribution in [0.25, 0.3) is 11.0 Å². The molecule has 0 fully saturated rings. The molecule has 1 aromatic carbocycles. The molecule has 0 amide bonds. The normalized spacial score (nSPS) is 14.9. The number of fused-ring (bicyclic) bond motifs is 1. The topological polar surface area (TPSA) is 43.8 Å². The van der Waals surface area contributed by atoms with Crippen molar-refractivity contribution in [3.05, 3.63) is 23.2 Å². The number of para-hydroxylation sites is 1. The molecule has 0 aliphatic rings. The number of hydrogen-bond donors (Lipinski definition) is 1. The average Bonchev–Trinajstić information content (AvgIpc) is 2.67. The van der Waals surface area contributed by atoms with Crippen LogP contribution in [0.1, 0.15) is 39.7 Å². The monoisotopic (exact) mass is 265 g/mol. The van der Waals surface area contributed by atoms with Gasteiger partial charge in [-0.25, -0.2) is 4.98 Å². The number of nitrogens with two attached hydrogens (primary N) is 1. The van der Waals surface area contributed by atoms with E-state index in [1.165, 1.54) is 6.42 Å². The van der Waals surface area contributed by atoms with E-state index in [0.717, 1.165) is 17.5 Å². The van der Waals surface area contributed by atoms with Crippen molar-refractivity contribution in [1.29, 1.82) is 0 Å². The summed E-state index contributed by atoms with van der Waals surface area (Å²) in [5.41, 5.74) is 7.86. The van der Waals surface area contributed by atoms with Crippen molar-refractivity contribution >= 4 is 28.6 Å². The Hall–Kier alpha value is -1.22. The van der Waals surface area contributed by atoms with E-state index in [-0.39, 0.29) is 0 Å². The number of anilines is 1. The molecule has 1 heterocycles. The molecule has 0 radical (unpaired) electrons. The highest BCUT2D eigenvalue weighted by atomic mass is 35.5. The molecule has 0 aliphatic heterocycles. The standard InChI is InChI=1S/C14H20ClN3/c1-4-9(2)8-10(3)18-12-7-5-6-11(15)13(12)17-14(18)16/h5-7,9-10H,4,8H2,1-3H3,(H2,16,17). The first-order valence-corrected chi connectivity index (χ1v) is 6.84. The lowest BCUT2D eigenvalue weighted by Gasteiger charge is -2.19. The van der Waals surface area contributed by atoms with Crippen molar-refractivity contribution in [3.8, 4) is 0 Å². The third-order valence-electron chi connectivity index (χ3n) is 3.58. The molecule has 2 rings (SSSR count). The second-order valence-corrected chi connectivity index (χ2v) is 5.45. The lowest BCUT2D eigenvalue weighted by atomic mass is 10.00. The van der Waals surface area contributed by atoms with Gasteiger partial charge in [-0.15, -0.1) is 0 Å². The van der Waals surface area contributed by atoms with Crippen LogP contribution in [0.15, 0.2) is 18.2 Å². The predicted octanol–water partition coefficient (Wildman–Crippen LogP) is 4.27. The van der Waals surface area contributed by atoms with Crippen LogP contribution in [0, 0.1) is 5.92 Å². The molecule has 0 aliphatic carbocycles. The highest BCUT2D eigenvalue weighted by Crippen LogP contribution is 2.30. The van der Waals surface area contributed by atoms with Crippen LogP contribution >= 0.6 is 11.6 Å². The van der Waals surface area contributed by atoms with E-state index in [9.17, 15) is 0 Å². The first-order valence-electron chi connectivity index (χ1n) is 6.46. The van der Waals surface area contributed by atoms with Crippen LogP contribution in [-0.2, 0) is 0 Å². The van der Waals surface area contributed by atoms with Gasteiger partial charge in [0.25, 0.3) is 0 Å². The largest absolute Gasteiger partial charge is 0.369 e. The zero-order valence-electron chi connectivity index (χ0n) is 11.2. The second-order valence-electron chi connectivity index (χ2n) is 5.05. The number of aromatic nitrogens is 2. The summed E-state index contributed by atoms with van der Waals surface area (Å²) in [6.07, 6.45) is 2.27. The van der Waals surface area contributed by atoms with Gasteiger partial charge in [-0.1, -0.05) is 37.9 Å². The summed E-state index contributed by atoms with van der Waals surface area (Å²) in [6, 6.07) is 6.15. The Morgan fingerprint density at radius 2 is 2.11 bits per heavy atom. The number of nitrogen functional groups attached to an aromatic ring is 1. The van der Waals surface area contributed by atoms with Gasteiger partial charge in [-0.2, -0.15) is 0 Å². The number of rotatable bonds is 4. The maximum absolute atomic E-state index is 6.15. The van der Waals surface area contributed by atoms with Gasteiger partial charge in [0.15, 0.2) is 0 Å². The zero-order valence-corrected chi connectivity index (χ0v) is 11.9. The van der Waals surface area contributed by atoms with Crippen LogP contribution in [0.2, 0.25) is 5.02 Å². The molecule has 98 valence electrons. The minimum absolute atomic E-state index is 0.336. The van der Waals surface area contributed by atoms with Gasteiger partial charge in [0.1, 0.15) is 5.52 Å². The van der Waals surface area contributed by atoms with E-state index in [2.05, 4.69) is 30.3 Å². The number of hydrogen-bond acceptors (Lipinski definition) is 2. The van der Waals surface area contributed by atoms with Crippen LogP contribution < -0.4 is 5.73 Å². The fourth-order valence-electron chi connectivity index (χ4n) is 2.42. The van der Waals surface area contributed by atoms with Crippen molar-refractivity contribution < 1.29 is 0 Å². The van der Waals surface area contributed by atoms with E-state index < -0.39 is 0 Å². The number of imidazole rings is 1. The van der Waals surface area contributed by atoms with Crippen molar-refractivity contribution in [1.82, 2.24) is 9.55 Å². The molecule has 0 saturated heterocycles. The maximum atomic E-state index is 6.15. The minimum Gasteiger partial charge on any atom is -0.369 e. The molecular weight excluding hydrogens is 246 g/mol. The van der Waals surface area contributed by atoms with Gasteiger partial charge in [0.2, 0.25) is 5.95 Å². The summed E-state index contributed by atoms with van der Waals surface area (Å²) in [6.45, 7) is 6.66. The molecule has 0 spiro atoms. The Morgan fingerprint density at radius 1 is 1.39 bits per heavy atom. The maximum Gasteiger partial charge on any atom is 0.201 e. The lowest BCUT2D eigenvalue weighted by molar-refractivity contribution is 0.407. The minimum atomic E-state index is 0.336. The van der Waals surface area contributed by atoms with Gasteiger partial charge in [-0.3, -0.25) is 0 Å². The average molecular weight is 266 g/mol. The Balaban J connectivity index is 2.44. The first kappa shape index (κ1) is 13.2. The van der Waals surface area contributed by atoms with Crippen LogP contribution in [0.3, 0.4) is 0 Å². The summed E-state index contributed by atoms with van der Waals surface area (Å²) in [4.78, 5) is 4.38. The molecule has 18 heavy (non-hydrogen) atoms. The lowest BCUT2D eigenvalue weighted by Crippen LogP contribution is -2.11. The van der Waals surface area contributed by atoms with Crippen LogP contribution in [0.4, 0.5) is 5.95 Å². The Labute approximate surface area is 113 Å². The fourth-order valence-corrected chi connectivity index (χ4v) is 2.63. The van der Waals surface area contributed by atoms with Crippen molar-refractivity contribution in [2.75, 3.05) is 5.73 Å². The number of nitrogens with zero attached hydrogens (tertiary/aromatic N) is 2. The van der Waals surface area contributed by atoms with Gasteiger partial charge >= 0.3 is 0 Å². The third kappa shape index (κ3) is 2.32.